The lowest BCUT2D eigenvalue weighted by Gasteiger charge is -2.23. The molecule has 2 atom stereocenters. The fraction of sp³-hybridized carbons (Fsp3) is 0.909. The van der Waals surface area contributed by atoms with E-state index in [4.69, 9.17) is 0 Å². The van der Waals surface area contributed by atoms with Crippen molar-refractivity contribution in [1.82, 2.24) is 10.2 Å². The molecule has 0 aliphatic carbocycles. The van der Waals surface area contributed by atoms with E-state index in [1.807, 2.05) is 20.8 Å². The van der Waals surface area contributed by atoms with Gasteiger partial charge < -0.3 is 4.90 Å². The Balaban J connectivity index is 2.66. The van der Waals surface area contributed by atoms with Crippen LogP contribution < -0.4 is 5.32 Å². The van der Waals surface area contributed by atoms with Crippen molar-refractivity contribution < 1.29 is 18.0 Å². The molecule has 0 aromatic carbocycles. The van der Waals surface area contributed by atoms with E-state index in [0.29, 0.717) is 6.42 Å². The van der Waals surface area contributed by atoms with Crippen LogP contribution >= 0.6 is 0 Å². The summed E-state index contributed by atoms with van der Waals surface area (Å²) in [5, 5.41) is 3.09. The third kappa shape index (κ3) is 3.59. The number of alkyl halides is 3. The van der Waals surface area contributed by atoms with Gasteiger partial charge in [-0.1, -0.05) is 20.8 Å². The van der Waals surface area contributed by atoms with E-state index in [1.54, 1.807) is 0 Å². The van der Waals surface area contributed by atoms with Gasteiger partial charge in [0.1, 0.15) is 0 Å². The molecule has 3 nitrogen and oxygen atoms in total. The molecular weight excluding hydrogens is 233 g/mol. The molecule has 1 aliphatic rings. The Hall–Kier alpha value is -0.780. The smallest absolute Gasteiger partial charge is 0.325 e. The summed E-state index contributed by atoms with van der Waals surface area (Å²) in [7, 11) is 0. The number of halogens is 3. The maximum atomic E-state index is 12.2. The number of amides is 1. The summed E-state index contributed by atoms with van der Waals surface area (Å²) < 4.78 is 36.5. The van der Waals surface area contributed by atoms with E-state index in [-0.39, 0.29) is 30.6 Å². The molecule has 1 aliphatic heterocycles. The van der Waals surface area contributed by atoms with Crippen LogP contribution in [0.15, 0.2) is 0 Å². The van der Waals surface area contributed by atoms with Crippen molar-refractivity contribution in [1.29, 1.82) is 0 Å². The van der Waals surface area contributed by atoms with Gasteiger partial charge in [-0.2, -0.15) is 13.2 Å². The molecular formula is C11H19F3N2O. The SMILES string of the molecule is CCC1NC(C(C)C)C(=O)N1CCC(F)(F)F. The Kier molecular flexibility index (Phi) is 4.41. The second-order valence-electron chi connectivity index (χ2n) is 4.71. The Morgan fingerprint density at radius 2 is 2.00 bits per heavy atom. The molecule has 100 valence electrons. The second-order valence-corrected chi connectivity index (χ2v) is 4.71. The molecule has 1 heterocycles. The molecule has 1 rings (SSSR count). The fourth-order valence-corrected chi connectivity index (χ4v) is 2.03. The molecule has 2 unspecified atom stereocenters. The highest BCUT2D eigenvalue weighted by Gasteiger charge is 2.40. The van der Waals surface area contributed by atoms with Gasteiger partial charge in [0.05, 0.1) is 18.6 Å². The van der Waals surface area contributed by atoms with E-state index >= 15 is 0 Å². The molecule has 1 fully saturated rings. The molecule has 1 amide bonds. The van der Waals surface area contributed by atoms with Gasteiger partial charge in [0.2, 0.25) is 5.91 Å². The zero-order valence-corrected chi connectivity index (χ0v) is 10.3. The average molecular weight is 252 g/mol. The highest BCUT2D eigenvalue weighted by molar-refractivity contribution is 5.84. The summed E-state index contributed by atoms with van der Waals surface area (Å²) >= 11 is 0. The van der Waals surface area contributed by atoms with Crippen LogP contribution in [-0.4, -0.2) is 35.7 Å². The monoisotopic (exact) mass is 252 g/mol. The first-order chi connectivity index (χ1) is 7.76. The predicted octanol–water partition coefficient (Wildman–Crippen LogP) is 2.13. The highest BCUT2D eigenvalue weighted by atomic mass is 19.4. The van der Waals surface area contributed by atoms with Gasteiger partial charge in [-0.15, -0.1) is 0 Å². The molecule has 6 heteroatoms. The minimum atomic E-state index is -4.21. The molecule has 1 saturated heterocycles. The van der Waals surface area contributed by atoms with Crippen LogP contribution in [0.5, 0.6) is 0 Å². The zero-order chi connectivity index (χ0) is 13.2. The summed E-state index contributed by atoms with van der Waals surface area (Å²) in [5.74, 6) is -0.122. The number of carbonyl (C=O) groups is 1. The molecule has 0 saturated carbocycles. The topological polar surface area (TPSA) is 32.3 Å². The summed E-state index contributed by atoms with van der Waals surface area (Å²) in [4.78, 5) is 13.2. The lowest BCUT2D eigenvalue weighted by molar-refractivity contribution is -0.145. The molecule has 0 radical (unpaired) electrons. The third-order valence-corrected chi connectivity index (χ3v) is 2.99. The first-order valence-electron chi connectivity index (χ1n) is 5.89. The van der Waals surface area contributed by atoms with E-state index in [9.17, 15) is 18.0 Å². The van der Waals surface area contributed by atoms with Crippen molar-refractivity contribution in [3.63, 3.8) is 0 Å². The van der Waals surface area contributed by atoms with Crippen LogP contribution in [0.25, 0.3) is 0 Å². The van der Waals surface area contributed by atoms with Gasteiger partial charge in [0, 0.05) is 6.54 Å². The van der Waals surface area contributed by atoms with Crippen LogP contribution in [-0.2, 0) is 4.79 Å². The number of hydrogen-bond donors (Lipinski definition) is 1. The second kappa shape index (κ2) is 5.25. The van der Waals surface area contributed by atoms with Gasteiger partial charge in [0.15, 0.2) is 0 Å². The van der Waals surface area contributed by atoms with Gasteiger partial charge >= 0.3 is 6.18 Å². The summed E-state index contributed by atoms with van der Waals surface area (Å²) in [6.07, 6.45) is -4.81. The number of hydrogen-bond acceptors (Lipinski definition) is 2. The maximum absolute atomic E-state index is 12.2. The van der Waals surface area contributed by atoms with Gasteiger partial charge in [-0.3, -0.25) is 10.1 Å². The van der Waals surface area contributed by atoms with Crippen LogP contribution in [0.3, 0.4) is 0 Å². The van der Waals surface area contributed by atoms with Gasteiger partial charge in [-0.05, 0) is 12.3 Å². The predicted molar refractivity (Wildman–Crippen MR) is 58.2 cm³/mol. The molecule has 0 bridgehead atoms. The van der Waals surface area contributed by atoms with Crippen LogP contribution in [0.1, 0.15) is 33.6 Å². The number of nitrogens with zero attached hydrogens (tertiary/aromatic N) is 1. The van der Waals surface area contributed by atoms with Crippen LogP contribution in [0, 0.1) is 5.92 Å². The average Bonchev–Trinajstić information content (AvgIpc) is 2.51. The van der Waals surface area contributed by atoms with Crippen molar-refractivity contribution in [2.24, 2.45) is 5.92 Å². The van der Waals surface area contributed by atoms with Gasteiger partial charge in [0.25, 0.3) is 0 Å². The summed E-state index contributed by atoms with van der Waals surface area (Å²) in [6, 6.07) is -0.354. The highest BCUT2D eigenvalue weighted by Crippen LogP contribution is 2.24. The van der Waals surface area contributed by atoms with Crippen molar-refractivity contribution in [2.75, 3.05) is 6.54 Å². The van der Waals surface area contributed by atoms with Crippen molar-refractivity contribution in [3.05, 3.63) is 0 Å². The largest absolute Gasteiger partial charge is 0.390 e. The van der Waals surface area contributed by atoms with Crippen LogP contribution in [0.2, 0.25) is 0 Å². The molecule has 0 aromatic heterocycles. The summed E-state index contributed by atoms with van der Waals surface area (Å²) in [5.41, 5.74) is 0. The molecule has 0 aromatic rings. The minimum Gasteiger partial charge on any atom is -0.325 e. The van der Waals surface area contributed by atoms with Gasteiger partial charge in [-0.25, -0.2) is 0 Å². The number of carbonyl (C=O) groups excluding carboxylic acids is 1. The Bertz CT molecular complexity index is 278. The summed E-state index contributed by atoms with van der Waals surface area (Å²) in [6.45, 7) is 5.37. The lowest BCUT2D eigenvalue weighted by atomic mass is 10.1. The Morgan fingerprint density at radius 1 is 1.41 bits per heavy atom. The lowest BCUT2D eigenvalue weighted by Crippen LogP contribution is -2.38. The fourth-order valence-electron chi connectivity index (χ4n) is 2.03. The Labute approximate surface area is 99.4 Å². The van der Waals surface area contributed by atoms with E-state index in [2.05, 4.69) is 5.32 Å². The normalized spacial score (nSPS) is 26.1. The minimum absolute atomic E-state index is 0.0902. The van der Waals surface area contributed by atoms with E-state index in [1.165, 1.54) is 4.90 Å². The van der Waals surface area contributed by atoms with E-state index in [0.717, 1.165) is 0 Å². The Morgan fingerprint density at radius 3 is 2.41 bits per heavy atom. The molecule has 1 N–H and O–H groups in total. The van der Waals surface area contributed by atoms with E-state index < -0.39 is 12.6 Å². The zero-order valence-electron chi connectivity index (χ0n) is 10.3. The number of rotatable bonds is 4. The van der Waals surface area contributed by atoms with Crippen molar-refractivity contribution >= 4 is 5.91 Å². The van der Waals surface area contributed by atoms with Crippen molar-refractivity contribution in [3.8, 4) is 0 Å². The van der Waals surface area contributed by atoms with Crippen molar-refractivity contribution in [2.45, 2.75) is 52.0 Å². The standard InChI is InChI=1S/C11H19F3N2O/c1-4-8-15-9(7(2)3)10(17)16(8)6-5-11(12,13)14/h7-9,15H,4-6H2,1-3H3. The number of nitrogens with one attached hydrogen (secondary N) is 1. The molecule has 17 heavy (non-hydrogen) atoms. The first kappa shape index (κ1) is 14.3. The third-order valence-electron chi connectivity index (χ3n) is 2.99. The molecule has 0 spiro atoms. The quantitative estimate of drug-likeness (QED) is 0.831. The first-order valence-corrected chi connectivity index (χ1v) is 5.89. The maximum Gasteiger partial charge on any atom is 0.390 e. The van der Waals surface area contributed by atoms with Crippen LogP contribution in [0.4, 0.5) is 13.2 Å².